The molecule has 6 heteroatoms. The number of benzene rings is 3. The van der Waals surface area contributed by atoms with E-state index in [0.717, 1.165) is 15.6 Å². The normalized spacial score (nSPS) is 17.9. The van der Waals surface area contributed by atoms with Crippen LogP contribution in [0.3, 0.4) is 0 Å². The molecule has 0 spiro atoms. The number of anilines is 1. The summed E-state index contributed by atoms with van der Waals surface area (Å²) >= 11 is 3.41. The summed E-state index contributed by atoms with van der Waals surface area (Å²) in [5.41, 5.74) is 2.47. The van der Waals surface area contributed by atoms with Crippen LogP contribution in [0.4, 0.5) is 10.1 Å². The SMILES string of the molecule is Cc1cc(/C(O)=C2\C(=O)C(=O)N(c3ccccc3C)C2c2ccccc2F)ccc1Br. The number of carbonyl (C=O) groups excluding carboxylic acids is 2. The lowest BCUT2D eigenvalue weighted by Crippen LogP contribution is -2.30. The van der Waals surface area contributed by atoms with Crippen LogP contribution in [0, 0.1) is 19.7 Å². The van der Waals surface area contributed by atoms with Crippen LogP contribution in [0.1, 0.15) is 28.3 Å². The molecule has 31 heavy (non-hydrogen) atoms. The molecule has 4 rings (SSSR count). The zero-order chi connectivity index (χ0) is 22.3. The Morgan fingerprint density at radius 3 is 2.32 bits per heavy atom. The maximum atomic E-state index is 14.9. The Kier molecular flexibility index (Phi) is 5.50. The van der Waals surface area contributed by atoms with Gasteiger partial charge in [0.25, 0.3) is 11.7 Å². The van der Waals surface area contributed by atoms with E-state index in [-0.39, 0.29) is 16.9 Å². The number of aliphatic hydroxyl groups is 1. The molecule has 0 radical (unpaired) electrons. The van der Waals surface area contributed by atoms with Gasteiger partial charge in [0.15, 0.2) is 0 Å². The first-order valence-corrected chi connectivity index (χ1v) is 10.5. The molecule has 1 fully saturated rings. The van der Waals surface area contributed by atoms with Gasteiger partial charge in [0.2, 0.25) is 0 Å². The molecule has 0 saturated carbocycles. The first-order valence-electron chi connectivity index (χ1n) is 9.69. The van der Waals surface area contributed by atoms with Crippen molar-refractivity contribution < 1.29 is 19.1 Å². The standard InChI is InChI=1S/C25H19BrFNO3/c1-14-7-3-6-10-20(14)28-22(17-8-4-5-9-19(17)27)21(24(30)25(28)31)23(29)16-11-12-18(26)15(2)13-16/h3-13,22,29H,1-2H3/b23-21+. The molecule has 3 aromatic rings. The molecule has 0 aromatic heterocycles. The lowest BCUT2D eigenvalue weighted by molar-refractivity contribution is -0.132. The van der Waals surface area contributed by atoms with Crippen molar-refractivity contribution in [3.8, 4) is 0 Å². The number of amides is 1. The van der Waals surface area contributed by atoms with Gasteiger partial charge in [-0.25, -0.2) is 4.39 Å². The van der Waals surface area contributed by atoms with Crippen molar-refractivity contribution in [1.82, 2.24) is 0 Å². The van der Waals surface area contributed by atoms with E-state index in [1.165, 1.54) is 23.1 Å². The van der Waals surface area contributed by atoms with Crippen molar-refractivity contribution in [1.29, 1.82) is 0 Å². The number of aryl methyl sites for hydroxylation is 2. The summed E-state index contributed by atoms with van der Waals surface area (Å²) in [5.74, 6) is -2.56. The highest BCUT2D eigenvalue weighted by atomic mass is 79.9. The summed E-state index contributed by atoms with van der Waals surface area (Å²) in [6, 6.07) is 17.1. The van der Waals surface area contributed by atoms with Crippen LogP contribution in [0.25, 0.3) is 5.76 Å². The Morgan fingerprint density at radius 1 is 0.968 bits per heavy atom. The average Bonchev–Trinajstić information content (AvgIpc) is 3.01. The minimum Gasteiger partial charge on any atom is -0.507 e. The number of nitrogens with zero attached hydrogens (tertiary/aromatic N) is 1. The van der Waals surface area contributed by atoms with Crippen LogP contribution in [0.5, 0.6) is 0 Å². The Balaban J connectivity index is 2.00. The van der Waals surface area contributed by atoms with Crippen molar-refractivity contribution in [2.75, 3.05) is 4.90 Å². The van der Waals surface area contributed by atoms with Crippen LogP contribution in [0.15, 0.2) is 76.8 Å². The molecular weight excluding hydrogens is 461 g/mol. The van der Waals surface area contributed by atoms with Crippen molar-refractivity contribution in [3.63, 3.8) is 0 Å². The van der Waals surface area contributed by atoms with Gasteiger partial charge in [-0.1, -0.05) is 58.4 Å². The molecule has 0 aliphatic carbocycles. The number of halogens is 2. The second kappa shape index (κ2) is 8.12. The van der Waals surface area contributed by atoms with Gasteiger partial charge in [0.1, 0.15) is 11.6 Å². The van der Waals surface area contributed by atoms with E-state index in [1.807, 2.05) is 26.0 Å². The topological polar surface area (TPSA) is 57.6 Å². The fourth-order valence-electron chi connectivity index (χ4n) is 3.85. The van der Waals surface area contributed by atoms with Gasteiger partial charge < -0.3 is 5.11 Å². The Morgan fingerprint density at radius 2 is 1.65 bits per heavy atom. The zero-order valence-electron chi connectivity index (χ0n) is 16.9. The highest BCUT2D eigenvalue weighted by Crippen LogP contribution is 2.43. The minimum absolute atomic E-state index is 0.139. The maximum absolute atomic E-state index is 14.9. The van der Waals surface area contributed by atoms with Crippen LogP contribution in [-0.2, 0) is 9.59 Å². The van der Waals surface area contributed by atoms with Gasteiger partial charge in [0, 0.05) is 21.3 Å². The van der Waals surface area contributed by atoms with E-state index in [1.54, 1.807) is 36.4 Å². The highest BCUT2D eigenvalue weighted by molar-refractivity contribution is 9.10. The molecule has 1 unspecified atom stereocenters. The molecule has 4 nitrogen and oxygen atoms in total. The van der Waals surface area contributed by atoms with Gasteiger partial charge in [-0.2, -0.15) is 0 Å². The summed E-state index contributed by atoms with van der Waals surface area (Å²) in [6.45, 7) is 3.66. The average molecular weight is 480 g/mol. The number of hydrogen-bond donors (Lipinski definition) is 1. The number of rotatable bonds is 3. The van der Waals surface area contributed by atoms with Crippen molar-refractivity contribution >= 4 is 39.1 Å². The monoisotopic (exact) mass is 479 g/mol. The second-order valence-electron chi connectivity index (χ2n) is 7.44. The summed E-state index contributed by atoms with van der Waals surface area (Å²) in [5, 5.41) is 11.1. The smallest absolute Gasteiger partial charge is 0.300 e. The summed E-state index contributed by atoms with van der Waals surface area (Å²) in [4.78, 5) is 27.5. The Hall–Kier alpha value is -3.25. The first-order chi connectivity index (χ1) is 14.8. The molecule has 1 saturated heterocycles. The van der Waals surface area contributed by atoms with Crippen LogP contribution >= 0.6 is 15.9 Å². The third-order valence-electron chi connectivity index (χ3n) is 5.45. The van der Waals surface area contributed by atoms with E-state index in [2.05, 4.69) is 15.9 Å². The van der Waals surface area contributed by atoms with Gasteiger partial charge in [-0.05, 0) is 49.2 Å². The van der Waals surface area contributed by atoms with E-state index < -0.39 is 23.5 Å². The predicted octanol–water partition coefficient (Wildman–Crippen LogP) is 5.83. The fraction of sp³-hybridized carbons (Fsp3) is 0.120. The second-order valence-corrected chi connectivity index (χ2v) is 8.30. The third-order valence-corrected chi connectivity index (χ3v) is 6.34. The predicted molar refractivity (Wildman–Crippen MR) is 121 cm³/mol. The summed E-state index contributed by atoms with van der Waals surface area (Å²) in [7, 11) is 0. The van der Waals surface area contributed by atoms with Crippen LogP contribution in [-0.4, -0.2) is 16.8 Å². The number of ketones is 1. The lowest BCUT2D eigenvalue weighted by Gasteiger charge is -2.27. The van der Waals surface area contributed by atoms with Crippen molar-refractivity contribution in [2.24, 2.45) is 0 Å². The molecule has 1 aliphatic rings. The van der Waals surface area contributed by atoms with Gasteiger partial charge in [-0.3, -0.25) is 14.5 Å². The Labute approximate surface area is 187 Å². The van der Waals surface area contributed by atoms with E-state index >= 15 is 0 Å². The van der Waals surface area contributed by atoms with Crippen LogP contribution < -0.4 is 4.90 Å². The molecule has 156 valence electrons. The molecular formula is C25H19BrFNO3. The molecule has 1 heterocycles. The lowest BCUT2D eigenvalue weighted by atomic mass is 9.94. The number of carbonyl (C=O) groups is 2. The molecule has 0 bridgehead atoms. The van der Waals surface area contributed by atoms with Crippen molar-refractivity contribution in [2.45, 2.75) is 19.9 Å². The molecule has 1 aliphatic heterocycles. The number of para-hydroxylation sites is 1. The largest absolute Gasteiger partial charge is 0.507 e. The molecule has 1 atom stereocenters. The highest BCUT2D eigenvalue weighted by Gasteiger charge is 2.48. The van der Waals surface area contributed by atoms with Crippen molar-refractivity contribution in [3.05, 3.63) is 105 Å². The van der Waals surface area contributed by atoms with E-state index in [9.17, 15) is 19.1 Å². The van der Waals surface area contributed by atoms with Gasteiger partial charge in [0.05, 0.1) is 11.6 Å². The number of aliphatic hydroxyl groups excluding tert-OH is 1. The fourth-order valence-corrected chi connectivity index (χ4v) is 4.10. The van der Waals surface area contributed by atoms with Gasteiger partial charge >= 0.3 is 0 Å². The quantitative estimate of drug-likeness (QED) is 0.292. The summed E-state index contributed by atoms with van der Waals surface area (Å²) < 4.78 is 15.7. The van der Waals surface area contributed by atoms with Gasteiger partial charge in [-0.15, -0.1) is 0 Å². The van der Waals surface area contributed by atoms with Crippen LogP contribution in [0.2, 0.25) is 0 Å². The number of Topliss-reactive ketones (excluding diaryl/α,β-unsaturated/α-hetero) is 1. The first kappa shape index (κ1) is 21.0. The van der Waals surface area contributed by atoms with E-state index in [4.69, 9.17) is 0 Å². The maximum Gasteiger partial charge on any atom is 0.300 e. The Bertz CT molecular complexity index is 1250. The zero-order valence-corrected chi connectivity index (χ0v) is 18.5. The third kappa shape index (κ3) is 3.57. The molecule has 1 N–H and O–H groups in total. The molecule has 1 amide bonds. The summed E-state index contributed by atoms with van der Waals surface area (Å²) in [6.07, 6.45) is 0. The molecule has 3 aromatic carbocycles. The minimum atomic E-state index is -1.09. The van der Waals surface area contributed by atoms with E-state index in [0.29, 0.717) is 11.3 Å². The number of hydrogen-bond acceptors (Lipinski definition) is 3.